The standard InChI is InChI=1S/C14H14N2O2/c1-11(14(17)18)8-12-2-4-13(5-3-12)9-16-7-6-15-10-16/h2-8,10H,9H2,1H3,(H,17,18)/b11-8+. The largest absolute Gasteiger partial charge is 0.478 e. The van der Waals surface area contributed by atoms with Gasteiger partial charge < -0.3 is 9.67 Å². The first-order valence-corrected chi connectivity index (χ1v) is 5.61. The van der Waals surface area contributed by atoms with E-state index >= 15 is 0 Å². The summed E-state index contributed by atoms with van der Waals surface area (Å²) in [5.74, 6) is -0.891. The number of hydrogen-bond donors (Lipinski definition) is 1. The van der Waals surface area contributed by atoms with Crippen LogP contribution < -0.4 is 0 Å². The molecule has 0 aliphatic rings. The third-order valence-electron chi connectivity index (χ3n) is 2.62. The van der Waals surface area contributed by atoms with Gasteiger partial charge in [-0.25, -0.2) is 9.78 Å². The predicted molar refractivity (Wildman–Crippen MR) is 69.1 cm³/mol. The van der Waals surface area contributed by atoms with Crippen molar-refractivity contribution in [1.29, 1.82) is 0 Å². The van der Waals surface area contributed by atoms with Gasteiger partial charge in [-0.2, -0.15) is 0 Å². The first-order valence-electron chi connectivity index (χ1n) is 5.61. The number of carbonyl (C=O) groups is 1. The van der Waals surface area contributed by atoms with Crippen molar-refractivity contribution >= 4 is 12.0 Å². The van der Waals surface area contributed by atoms with Gasteiger partial charge in [0.15, 0.2) is 0 Å². The molecule has 0 saturated carbocycles. The molecule has 0 aliphatic carbocycles. The minimum atomic E-state index is -0.891. The maximum Gasteiger partial charge on any atom is 0.331 e. The number of benzene rings is 1. The molecule has 18 heavy (non-hydrogen) atoms. The highest BCUT2D eigenvalue weighted by Crippen LogP contribution is 2.10. The lowest BCUT2D eigenvalue weighted by Gasteiger charge is -2.03. The molecule has 92 valence electrons. The molecular formula is C14H14N2O2. The monoisotopic (exact) mass is 242 g/mol. The number of nitrogens with zero attached hydrogens (tertiary/aromatic N) is 2. The minimum absolute atomic E-state index is 0.331. The summed E-state index contributed by atoms with van der Waals surface area (Å²) in [4.78, 5) is 14.7. The fraction of sp³-hybridized carbons (Fsp3) is 0.143. The second-order valence-corrected chi connectivity index (χ2v) is 4.11. The Labute approximate surface area is 105 Å². The first-order chi connectivity index (χ1) is 8.65. The Balaban J connectivity index is 2.10. The van der Waals surface area contributed by atoms with Crippen molar-refractivity contribution in [3.05, 3.63) is 59.7 Å². The summed E-state index contributed by atoms with van der Waals surface area (Å²) < 4.78 is 1.98. The molecule has 0 atom stereocenters. The zero-order chi connectivity index (χ0) is 13.0. The molecule has 1 heterocycles. The molecule has 1 N–H and O–H groups in total. The molecule has 2 aromatic rings. The van der Waals surface area contributed by atoms with Crippen LogP contribution in [0.25, 0.3) is 6.08 Å². The van der Waals surface area contributed by atoms with Crippen molar-refractivity contribution in [1.82, 2.24) is 9.55 Å². The highest BCUT2D eigenvalue weighted by molar-refractivity contribution is 5.91. The van der Waals surface area contributed by atoms with Crippen LogP contribution in [0.15, 0.2) is 48.6 Å². The molecule has 0 fully saturated rings. The molecule has 0 radical (unpaired) electrons. The molecular weight excluding hydrogens is 228 g/mol. The van der Waals surface area contributed by atoms with E-state index in [1.165, 1.54) is 0 Å². The number of carboxylic acids is 1. The molecule has 4 nitrogen and oxygen atoms in total. The summed E-state index contributed by atoms with van der Waals surface area (Å²) in [6.07, 6.45) is 7.07. The second-order valence-electron chi connectivity index (χ2n) is 4.11. The molecule has 2 rings (SSSR count). The van der Waals surface area contributed by atoms with Gasteiger partial charge in [0, 0.05) is 24.5 Å². The highest BCUT2D eigenvalue weighted by atomic mass is 16.4. The van der Waals surface area contributed by atoms with Crippen LogP contribution in [0, 0.1) is 0 Å². The summed E-state index contributed by atoms with van der Waals surface area (Å²) in [6, 6.07) is 7.80. The third-order valence-corrected chi connectivity index (χ3v) is 2.62. The lowest BCUT2D eigenvalue weighted by molar-refractivity contribution is -0.132. The zero-order valence-electron chi connectivity index (χ0n) is 10.1. The fourth-order valence-corrected chi connectivity index (χ4v) is 1.62. The predicted octanol–water partition coefficient (Wildman–Crippen LogP) is 2.42. The quantitative estimate of drug-likeness (QED) is 0.838. The van der Waals surface area contributed by atoms with Gasteiger partial charge in [0.1, 0.15) is 0 Å². The van der Waals surface area contributed by atoms with Crippen molar-refractivity contribution in [2.75, 3.05) is 0 Å². The second kappa shape index (κ2) is 5.31. The van der Waals surface area contributed by atoms with Crippen LogP contribution in [0.5, 0.6) is 0 Å². The Morgan fingerprint density at radius 1 is 1.39 bits per heavy atom. The summed E-state index contributed by atoms with van der Waals surface area (Å²) in [6.45, 7) is 2.35. The van der Waals surface area contributed by atoms with Crippen molar-refractivity contribution < 1.29 is 9.90 Å². The van der Waals surface area contributed by atoms with Crippen molar-refractivity contribution in [2.24, 2.45) is 0 Å². The molecule has 0 unspecified atom stereocenters. The van der Waals surface area contributed by atoms with E-state index in [-0.39, 0.29) is 0 Å². The van der Waals surface area contributed by atoms with E-state index in [1.807, 2.05) is 35.0 Å². The van der Waals surface area contributed by atoms with Crippen LogP contribution in [0.3, 0.4) is 0 Å². The number of aromatic nitrogens is 2. The maximum absolute atomic E-state index is 10.7. The smallest absolute Gasteiger partial charge is 0.331 e. The molecule has 0 spiro atoms. The SMILES string of the molecule is C/C(=C\c1ccc(Cn2ccnc2)cc1)C(=O)O. The summed E-state index contributed by atoms with van der Waals surface area (Å²) >= 11 is 0. The van der Waals surface area contributed by atoms with Crippen LogP contribution >= 0.6 is 0 Å². The van der Waals surface area contributed by atoms with Crippen molar-refractivity contribution in [2.45, 2.75) is 13.5 Å². The molecule has 4 heteroatoms. The Bertz CT molecular complexity index is 554. The topological polar surface area (TPSA) is 55.1 Å². The Hall–Kier alpha value is -2.36. The Morgan fingerprint density at radius 3 is 2.67 bits per heavy atom. The van der Waals surface area contributed by atoms with Gasteiger partial charge in [0.25, 0.3) is 0 Å². The normalized spacial score (nSPS) is 11.5. The number of carboxylic acid groups (broad SMARTS) is 1. The Morgan fingerprint density at radius 2 is 2.11 bits per heavy atom. The van der Waals surface area contributed by atoms with Crippen LogP contribution in [0.2, 0.25) is 0 Å². The number of hydrogen-bond acceptors (Lipinski definition) is 2. The van der Waals surface area contributed by atoms with E-state index < -0.39 is 5.97 Å². The summed E-state index contributed by atoms with van der Waals surface area (Å²) in [5, 5.41) is 8.79. The van der Waals surface area contributed by atoms with Crippen LogP contribution in [-0.2, 0) is 11.3 Å². The Kier molecular flexibility index (Phi) is 3.57. The van der Waals surface area contributed by atoms with Crippen LogP contribution in [0.1, 0.15) is 18.1 Å². The van der Waals surface area contributed by atoms with Crippen LogP contribution in [-0.4, -0.2) is 20.6 Å². The van der Waals surface area contributed by atoms with E-state index in [1.54, 1.807) is 25.5 Å². The molecule has 0 aliphatic heterocycles. The van der Waals surface area contributed by atoms with E-state index in [9.17, 15) is 4.79 Å². The lowest BCUT2D eigenvalue weighted by atomic mass is 10.1. The molecule has 0 bridgehead atoms. The highest BCUT2D eigenvalue weighted by Gasteiger charge is 2.00. The average Bonchev–Trinajstić information content (AvgIpc) is 2.84. The van der Waals surface area contributed by atoms with Gasteiger partial charge >= 0.3 is 5.97 Å². The van der Waals surface area contributed by atoms with Crippen molar-refractivity contribution in [3.63, 3.8) is 0 Å². The maximum atomic E-state index is 10.7. The van der Waals surface area contributed by atoms with Crippen LogP contribution in [0.4, 0.5) is 0 Å². The minimum Gasteiger partial charge on any atom is -0.478 e. The fourth-order valence-electron chi connectivity index (χ4n) is 1.62. The lowest BCUT2D eigenvalue weighted by Crippen LogP contribution is -1.97. The average molecular weight is 242 g/mol. The van der Waals surface area contributed by atoms with E-state index in [0.29, 0.717) is 5.57 Å². The summed E-state index contributed by atoms with van der Waals surface area (Å²) in [5.41, 5.74) is 2.37. The van der Waals surface area contributed by atoms with Gasteiger partial charge in [0.05, 0.1) is 6.33 Å². The zero-order valence-corrected chi connectivity index (χ0v) is 10.1. The molecule has 1 aromatic carbocycles. The first kappa shape index (κ1) is 12.1. The van der Waals surface area contributed by atoms with Gasteiger partial charge in [-0.15, -0.1) is 0 Å². The van der Waals surface area contributed by atoms with E-state index in [2.05, 4.69) is 4.98 Å². The van der Waals surface area contributed by atoms with Gasteiger partial charge in [0.2, 0.25) is 0 Å². The third kappa shape index (κ3) is 3.07. The van der Waals surface area contributed by atoms with Gasteiger partial charge in [-0.05, 0) is 24.1 Å². The number of rotatable bonds is 4. The van der Waals surface area contributed by atoms with E-state index in [4.69, 9.17) is 5.11 Å². The summed E-state index contributed by atoms with van der Waals surface area (Å²) in [7, 11) is 0. The molecule has 0 saturated heterocycles. The number of imidazole rings is 1. The van der Waals surface area contributed by atoms with Crippen molar-refractivity contribution in [3.8, 4) is 0 Å². The van der Waals surface area contributed by atoms with E-state index in [0.717, 1.165) is 17.7 Å². The van der Waals surface area contributed by atoms with Gasteiger partial charge in [-0.1, -0.05) is 24.3 Å². The molecule has 1 aromatic heterocycles. The molecule has 0 amide bonds. The number of aliphatic carboxylic acids is 1. The van der Waals surface area contributed by atoms with Gasteiger partial charge in [-0.3, -0.25) is 0 Å².